The highest BCUT2D eigenvalue weighted by Gasteiger charge is 2.08. The second-order valence-corrected chi connectivity index (χ2v) is 3.35. The highest BCUT2D eigenvalue weighted by molar-refractivity contribution is 6.31. The van der Waals surface area contributed by atoms with Crippen LogP contribution >= 0.6 is 0 Å². The van der Waals surface area contributed by atoms with Crippen LogP contribution in [0.15, 0.2) is 24.4 Å². The molecule has 0 amide bonds. The third-order valence-electron chi connectivity index (χ3n) is 2.39. The van der Waals surface area contributed by atoms with Gasteiger partial charge in [0.1, 0.15) is 11.6 Å². The van der Waals surface area contributed by atoms with Crippen molar-refractivity contribution in [2.24, 2.45) is 0 Å². The summed E-state index contributed by atoms with van der Waals surface area (Å²) in [6.07, 6.45) is 1.80. The number of aromatic nitrogens is 3. The van der Waals surface area contributed by atoms with E-state index in [1.54, 1.807) is 6.20 Å². The Morgan fingerprint density at radius 3 is 2.57 bits per heavy atom. The number of pyridine rings is 1. The van der Waals surface area contributed by atoms with Gasteiger partial charge in [-0.15, -0.1) is 0 Å². The predicted octanol–water partition coefficient (Wildman–Crippen LogP) is 0.143. The van der Waals surface area contributed by atoms with E-state index >= 15 is 0 Å². The van der Waals surface area contributed by atoms with E-state index in [2.05, 4.69) is 21.5 Å². The van der Waals surface area contributed by atoms with E-state index in [1.165, 1.54) is 0 Å². The van der Waals surface area contributed by atoms with Gasteiger partial charge >= 0.3 is 0 Å². The number of aryl methyl sites for hydroxylation is 1. The lowest BCUT2D eigenvalue weighted by Gasteiger charge is -2.05. The van der Waals surface area contributed by atoms with Crippen molar-refractivity contribution in [3.63, 3.8) is 0 Å². The fourth-order valence-corrected chi connectivity index (χ4v) is 1.60. The number of hydrogen-bond acceptors (Lipinski definition) is 2. The standard InChI is InChI=1S/C10H12BN3/c1-7-10(11)13-8(2)14(7)9-5-3-4-6-12-9/h3-6H,11H2,1-2H3. The van der Waals surface area contributed by atoms with Crippen LogP contribution in [0.25, 0.3) is 5.82 Å². The summed E-state index contributed by atoms with van der Waals surface area (Å²) in [5.41, 5.74) is 2.22. The van der Waals surface area contributed by atoms with Crippen LogP contribution in [0.3, 0.4) is 0 Å². The fourth-order valence-electron chi connectivity index (χ4n) is 1.60. The summed E-state index contributed by atoms with van der Waals surface area (Å²) in [4.78, 5) is 8.72. The Morgan fingerprint density at radius 1 is 1.29 bits per heavy atom. The molecule has 0 spiro atoms. The molecule has 0 aliphatic heterocycles. The van der Waals surface area contributed by atoms with Gasteiger partial charge in [0.05, 0.1) is 0 Å². The van der Waals surface area contributed by atoms with Crippen LogP contribution in [0.5, 0.6) is 0 Å². The molecule has 0 saturated heterocycles. The van der Waals surface area contributed by atoms with Crippen LogP contribution in [0.4, 0.5) is 0 Å². The van der Waals surface area contributed by atoms with Gasteiger partial charge in [0, 0.05) is 17.5 Å². The lowest BCUT2D eigenvalue weighted by Crippen LogP contribution is -2.09. The summed E-state index contributed by atoms with van der Waals surface area (Å²) in [5.74, 6) is 1.92. The van der Waals surface area contributed by atoms with Gasteiger partial charge in [-0.25, -0.2) is 9.97 Å². The minimum absolute atomic E-state index is 0.933. The van der Waals surface area contributed by atoms with Gasteiger partial charge in [0.15, 0.2) is 7.85 Å². The molecule has 0 aliphatic carbocycles. The van der Waals surface area contributed by atoms with Crippen molar-refractivity contribution in [3.8, 4) is 5.82 Å². The van der Waals surface area contributed by atoms with E-state index in [0.29, 0.717) is 0 Å². The largest absolute Gasteiger partial charge is 0.286 e. The van der Waals surface area contributed by atoms with Gasteiger partial charge < -0.3 is 0 Å². The van der Waals surface area contributed by atoms with Gasteiger partial charge in [-0.05, 0) is 26.0 Å². The summed E-state index contributed by atoms with van der Waals surface area (Å²) in [6.45, 7) is 4.05. The molecule has 70 valence electrons. The lowest BCUT2D eigenvalue weighted by atomic mass is 10.0. The number of rotatable bonds is 1. The third-order valence-corrected chi connectivity index (χ3v) is 2.39. The van der Waals surface area contributed by atoms with Crippen LogP contribution in [0.2, 0.25) is 0 Å². The van der Waals surface area contributed by atoms with Gasteiger partial charge in [-0.1, -0.05) is 6.07 Å². The Balaban J connectivity index is 2.62. The minimum Gasteiger partial charge on any atom is -0.286 e. The Hall–Kier alpha value is -1.58. The average Bonchev–Trinajstić information content (AvgIpc) is 2.43. The number of hydrogen-bond donors (Lipinski definition) is 0. The molecule has 0 fully saturated rings. The summed E-state index contributed by atoms with van der Waals surface area (Å²) in [6, 6.07) is 5.88. The smallest absolute Gasteiger partial charge is 0.166 e. The average molecular weight is 185 g/mol. The molecule has 0 N–H and O–H groups in total. The predicted molar refractivity (Wildman–Crippen MR) is 59.0 cm³/mol. The first kappa shape index (κ1) is 9.00. The Morgan fingerprint density at radius 2 is 2.07 bits per heavy atom. The minimum atomic E-state index is 0.933. The highest BCUT2D eigenvalue weighted by atomic mass is 15.1. The second kappa shape index (κ2) is 3.29. The van der Waals surface area contributed by atoms with Crippen LogP contribution in [-0.2, 0) is 0 Å². The maximum atomic E-state index is 4.41. The van der Waals surface area contributed by atoms with Crippen molar-refractivity contribution in [2.45, 2.75) is 13.8 Å². The summed E-state index contributed by atoms with van der Waals surface area (Å²) < 4.78 is 2.06. The topological polar surface area (TPSA) is 30.7 Å². The summed E-state index contributed by atoms with van der Waals surface area (Å²) >= 11 is 0. The monoisotopic (exact) mass is 185 g/mol. The molecule has 2 aromatic rings. The van der Waals surface area contributed by atoms with E-state index in [4.69, 9.17) is 0 Å². The fraction of sp³-hybridized carbons (Fsp3) is 0.200. The molecule has 2 aromatic heterocycles. The molecule has 2 heterocycles. The van der Waals surface area contributed by atoms with E-state index in [9.17, 15) is 0 Å². The van der Waals surface area contributed by atoms with Crippen LogP contribution < -0.4 is 5.59 Å². The summed E-state index contributed by atoms with van der Waals surface area (Å²) in [7, 11) is 2.02. The molecule has 0 atom stereocenters. The van der Waals surface area contributed by atoms with Crippen molar-refractivity contribution >= 4 is 13.4 Å². The Labute approximate surface area is 84.2 Å². The zero-order valence-electron chi connectivity index (χ0n) is 8.65. The van der Waals surface area contributed by atoms with Gasteiger partial charge in [0.2, 0.25) is 0 Å². The molecule has 0 aromatic carbocycles. The first-order chi connectivity index (χ1) is 6.70. The molecule has 2 rings (SSSR count). The SMILES string of the molecule is Bc1nc(C)n(-c2ccccn2)c1C. The van der Waals surface area contributed by atoms with Crippen molar-refractivity contribution < 1.29 is 0 Å². The Kier molecular flexibility index (Phi) is 2.12. The normalized spacial score (nSPS) is 10.4. The van der Waals surface area contributed by atoms with Crippen LogP contribution in [0.1, 0.15) is 11.5 Å². The van der Waals surface area contributed by atoms with Crippen LogP contribution in [-0.4, -0.2) is 22.4 Å². The van der Waals surface area contributed by atoms with Gasteiger partial charge in [-0.2, -0.15) is 0 Å². The van der Waals surface area contributed by atoms with Crippen molar-refractivity contribution in [1.82, 2.24) is 14.5 Å². The zero-order valence-corrected chi connectivity index (χ0v) is 8.65. The first-order valence-corrected chi connectivity index (χ1v) is 4.64. The molecule has 14 heavy (non-hydrogen) atoms. The first-order valence-electron chi connectivity index (χ1n) is 4.64. The van der Waals surface area contributed by atoms with E-state index < -0.39 is 0 Å². The zero-order chi connectivity index (χ0) is 10.1. The van der Waals surface area contributed by atoms with E-state index in [0.717, 1.165) is 22.9 Å². The Bertz CT molecular complexity index is 448. The summed E-state index contributed by atoms with van der Waals surface area (Å²) in [5, 5.41) is 0. The maximum Gasteiger partial charge on any atom is 0.166 e. The van der Waals surface area contributed by atoms with E-state index in [-0.39, 0.29) is 0 Å². The maximum absolute atomic E-state index is 4.41. The third kappa shape index (κ3) is 1.33. The molecule has 0 bridgehead atoms. The molecule has 0 saturated carbocycles. The molecule has 0 radical (unpaired) electrons. The highest BCUT2D eigenvalue weighted by Crippen LogP contribution is 2.08. The molecular weight excluding hydrogens is 173 g/mol. The molecule has 4 heteroatoms. The molecule has 0 aliphatic rings. The van der Waals surface area contributed by atoms with Gasteiger partial charge in [-0.3, -0.25) is 4.57 Å². The van der Waals surface area contributed by atoms with E-state index in [1.807, 2.05) is 33.0 Å². The van der Waals surface area contributed by atoms with Crippen molar-refractivity contribution in [2.75, 3.05) is 0 Å². The molecule has 3 nitrogen and oxygen atoms in total. The van der Waals surface area contributed by atoms with Gasteiger partial charge in [0.25, 0.3) is 0 Å². The van der Waals surface area contributed by atoms with Crippen LogP contribution in [0, 0.1) is 13.8 Å². The quantitative estimate of drug-likeness (QED) is 0.591. The second-order valence-electron chi connectivity index (χ2n) is 3.35. The van der Waals surface area contributed by atoms with Crippen molar-refractivity contribution in [1.29, 1.82) is 0 Å². The number of imidazole rings is 1. The lowest BCUT2D eigenvalue weighted by molar-refractivity contribution is 0.903. The molecule has 0 unspecified atom stereocenters. The molecular formula is C10H12BN3. The number of nitrogens with zero attached hydrogens (tertiary/aromatic N) is 3. The van der Waals surface area contributed by atoms with Crippen molar-refractivity contribution in [3.05, 3.63) is 35.9 Å².